The fourth-order valence-electron chi connectivity index (χ4n) is 4.27. The van der Waals surface area contributed by atoms with Gasteiger partial charge in [-0.3, -0.25) is 4.79 Å². The van der Waals surface area contributed by atoms with E-state index in [1.54, 1.807) is 24.3 Å². The second-order valence-electron chi connectivity index (χ2n) is 6.97. The van der Waals surface area contributed by atoms with E-state index >= 15 is 0 Å². The number of halogens is 1. The molecule has 0 unspecified atom stereocenters. The average molecular weight is 387 g/mol. The first-order valence-electron chi connectivity index (χ1n) is 8.94. The van der Waals surface area contributed by atoms with Gasteiger partial charge in [-0.1, -0.05) is 36.4 Å². The van der Waals surface area contributed by atoms with Crippen LogP contribution in [0.4, 0.5) is 0 Å². The number of rotatable bonds is 3. The van der Waals surface area contributed by atoms with Crippen LogP contribution in [-0.4, -0.2) is 43.5 Å². The normalized spacial score (nSPS) is 23.4. The number of hydrogen-bond donors (Lipinski definition) is 1. The van der Waals surface area contributed by atoms with Crippen LogP contribution in [0.2, 0.25) is 0 Å². The van der Waals surface area contributed by atoms with E-state index in [-0.39, 0.29) is 24.4 Å². The zero-order valence-corrected chi connectivity index (χ0v) is 15.9. The lowest BCUT2D eigenvalue weighted by atomic mass is 9.89. The molecule has 2 heterocycles. The van der Waals surface area contributed by atoms with Crippen LogP contribution < -0.4 is 5.32 Å². The Bertz CT molecular complexity index is 827. The summed E-state index contributed by atoms with van der Waals surface area (Å²) in [5.41, 5.74) is 2.10. The third-order valence-electron chi connectivity index (χ3n) is 5.50. The van der Waals surface area contributed by atoms with E-state index < -0.39 is 5.97 Å². The number of carbonyl (C=O) groups is 2. The van der Waals surface area contributed by atoms with E-state index in [0.717, 1.165) is 19.6 Å². The fraction of sp³-hybridized carbons (Fsp3) is 0.333. The zero-order chi connectivity index (χ0) is 18.1. The molecule has 0 spiro atoms. The lowest BCUT2D eigenvalue weighted by Crippen LogP contribution is -2.34. The Hall–Kier alpha value is -2.37. The van der Waals surface area contributed by atoms with Gasteiger partial charge in [0.05, 0.1) is 18.7 Å². The van der Waals surface area contributed by atoms with Crippen molar-refractivity contribution >= 4 is 24.3 Å². The molecule has 142 valence electrons. The summed E-state index contributed by atoms with van der Waals surface area (Å²) in [4.78, 5) is 27.1. The molecule has 3 atom stereocenters. The molecule has 0 radical (unpaired) electrons. The van der Waals surface area contributed by atoms with Crippen molar-refractivity contribution in [3.63, 3.8) is 0 Å². The minimum atomic E-state index is -0.429. The molecule has 5 nitrogen and oxygen atoms in total. The van der Waals surface area contributed by atoms with E-state index in [1.165, 1.54) is 12.7 Å². The van der Waals surface area contributed by atoms with E-state index in [0.29, 0.717) is 23.0 Å². The number of ether oxygens (including phenoxy) is 1. The van der Waals surface area contributed by atoms with Crippen molar-refractivity contribution in [2.24, 2.45) is 11.8 Å². The van der Waals surface area contributed by atoms with Gasteiger partial charge in [-0.15, -0.1) is 12.4 Å². The lowest BCUT2D eigenvalue weighted by Gasteiger charge is -2.28. The monoisotopic (exact) mass is 386 g/mol. The summed E-state index contributed by atoms with van der Waals surface area (Å²) >= 11 is 0. The lowest BCUT2D eigenvalue weighted by molar-refractivity contribution is 0.0600. The number of fused-ring (bicyclic) bond motifs is 1. The van der Waals surface area contributed by atoms with Crippen molar-refractivity contribution in [1.29, 1.82) is 0 Å². The maximum absolute atomic E-state index is 13.3. The van der Waals surface area contributed by atoms with Crippen molar-refractivity contribution in [1.82, 2.24) is 10.2 Å². The fourth-order valence-corrected chi connectivity index (χ4v) is 4.27. The third-order valence-corrected chi connectivity index (χ3v) is 5.50. The molecule has 0 aromatic heterocycles. The molecule has 2 aromatic carbocycles. The second-order valence-corrected chi connectivity index (χ2v) is 6.97. The van der Waals surface area contributed by atoms with E-state index in [1.807, 2.05) is 23.1 Å². The van der Waals surface area contributed by atoms with E-state index in [9.17, 15) is 9.59 Å². The van der Waals surface area contributed by atoms with Gasteiger partial charge in [-0.2, -0.15) is 0 Å². The van der Waals surface area contributed by atoms with Gasteiger partial charge in [-0.25, -0.2) is 4.79 Å². The number of likely N-dealkylation sites (tertiary alicyclic amines) is 1. The second kappa shape index (κ2) is 8.11. The predicted molar refractivity (Wildman–Crippen MR) is 105 cm³/mol. The largest absolute Gasteiger partial charge is 0.465 e. The van der Waals surface area contributed by atoms with E-state index in [4.69, 9.17) is 4.74 Å². The van der Waals surface area contributed by atoms with Crippen LogP contribution in [0.15, 0.2) is 54.6 Å². The number of nitrogens with one attached hydrogen (secondary N) is 1. The molecule has 1 N–H and O–H groups in total. The first kappa shape index (κ1) is 19.4. The molecular weight excluding hydrogens is 364 g/mol. The number of carbonyl (C=O) groups excluding carboxylic acids is 2. The first-order chi connectivity index (χ1) is 12.7. The number of amides is 1. The topological polar surface area (TPSA) is 58.6 Å². The highest BCUT2D eigenvalue weighted by Crippen LogP contribution is 2.43. The van der Waals surface area contributed by atoms with Crippen LogP contribution >= 0.6 is 12.4 Å². The van der Waals surface area contributed by atoms with Crippen LogP contribution in [0.25, 0.3) is 0 Å². The summed E-state index contributed by atoms with van der Waals surface area (Å²) < 4.78 is 4.78. The van der Waals surface area contributed by atoms with Crippen LogP contribution in [0.1, 0.15) is 32.3 Å². The van der Waals surface area contributed by atoms with Gasteiger partial charge in [0.15, 0.2) is 0 Å². The van der Waals surface area contributed by atoms with Gasteiger partial charge < -0.3 is 15.0 Å². The maximum Gasteiger partial charge on any atom is 0.337 e. The highest BCUT2D eigenvalue weighted by atomic mass is 35.5. The predicted octanol–water partition coefficient (Wildman–Crippen LogP) is 2.93. The standard InChI is InChI=1S/C21H22N2O3.ClH/c1-26-21(25)16-9-5-8-15(10-16)20(24)23-13-17-11-22-12-18(17)19(23)14-6-3-2-4-7-14;/h2-10,17-19,22H,11-13H2,1H3;1H/t17-,18-,19+;/m0./s1. The number of nitrogens with zero attached hydrogens (tertiary/aromatic N) is 1. The Labute approximate surface area is 165 Å². The molecule has 0 saturated carbocycles. The molecule has 2 aromatic rings. The third kappa shape index (κ3) is 3.57. The van der Waals surface area contributed by atoms with Gasteiger partial charge in [0, 0.05) is 31.1 Å². The Morgan fingerprint density at radius 3 is 2.52 bits per heavy atom. The van der Waals surface area contributed by atoms with E-state index in [2.05, 4.69) is 17.4 Å². The minimum absolute atomic E-state index is 0. The molecule has 2 aliphatic rings. The summed E-state index contributed by atoms with van der Waals surface area (Å²) in [7, 11) is 1.34. The number of hydrogen-bond acceptors (Lipinski definition) is 4. The number of methoxy groups -OCH3 is 1. The highest BCUT2D eigenvalue weighted by Gasteiger charge is 2.46. The molecule has 27 heavy (non-hydrogen) atoms. The summed E-state index contributed by atoms with van der Waals surface area (Å²) in [5, 5.41) is 3.46. The molecule has 2 fully saturated rings. The summed E-state index contributed by atoms with van der Waals surface area (Å²) in [6.07, 6.45) is 0. The SMILES string of the molecule is COC(=O)c1cccc(C(=O)N2C[C@@H]3CNC[C@@H]3[C@H]2c2ccccc2)c1.Cl. The zero-order valence-electron chi connectivity index (χ0n) is 15.1. The van der Waals surface area contributed by atoms with Crippen molar-refractivity contribution < 1.29 is 14.3 Å². The Kier molecular flexibility index (Phi) is 5.82. The Morgan fingerprint density at radius 1 is 1.04 bits per heavy atom. The molecule has 1 amide bonds. The maximum atomic E-state index is 13.3. The van der Waals surface area contributed by atoms with Gasteiger partial charge in [-0.05, 0) is 29.7 Å². The smallest absolute Gasteiger partial charge is 0.337 e. The molecule has 0 bridgehead atoms. The summed E-state index contributed by atoms with van der Waals surface area (Å²) in [6.45, 7) is 2.61. The van der Waals surface area contributed by atoms with Crippen molar-refractivity contribution in [3.05, 3.63) is 71.3 Å². The van der Waals surface area contributed by atoms with Crippen LogP contribution in [0.3, 0.4) is 0 Å². The summed E-state index contributed by atoms with van der Waals surface area (Å²) in [6, 6.07) is 17.1. The minimum Gasteiger partial charge on any atom is -0.465 e. The Balaban J connectivity index is 0.00000210. The average Bonchev–Trinajstić information content (AvgIpc) is 3.28. The Morgan fingerprint density at radius 2 is 1.78 bits per heavy atom. The van der Waals surface area contributed by atoms with Crippen LogP contribution in [0.5, 0.6) is 0 Å². The quantitative estimate of drug-likeness (QED) is 0.824. The van der Waals surface area contributed by atoms with Gasteiger partial charge in [0.1, 0.15) is 0 Å². The molecule has 2 saturated heterocycles. The molecule has 6 heteroatoms. The van der Waals surface area contributed by atoms with Crippen molar-refractivity contribution in [3.8, 4) is 0 Å². The highest BCUT2D eigenvalue weighted by molar-refractivity contribution is 5.98. The first-order valence-corrected chi connectivity index (χ1v) is 8.94. The summed E-state index contributed by atoms with van der Waals surface area (Å²) in [5.74, 6) is 0.429. The number of benzene rings is 2. The van der Waals surface area contributed by atoms with Gasteiger partial charge >= 0.3 is 5.97 Å². The molecular formula is C21H23ClN2O3. The van der Waals surface area contributed by atoms with Gasteiger partial charge in [0.2, 0.25) is 0 Å². The van der Waals surface area contributed by atoms with Crippen LogP contribution in [-0.2, 0) is 4.74 Å². The van der Waals surface area contributed by atoms with Crippen LogP contribution in [0, 0.1) is 11.8 Å². The van der Waals surface area contributed by atoms with Crippen molar-refractivity contribution in [2.45, 2.75) is 6.04 Å². The number of esters is 1. The molecule has 4 rings (SSSR count). The molecule has 2 aliphatic heterocycles. The van der Waals surface area contributed by atoms with Crippen molar-refractivity contribution in [2.75, 3.05) is 26.7 Å². The van der Waals surface area contributed by atoms with Gasteiger partial charge in [0.25, 0.3) is 5.91 Å². The molecule has 0 aliphatic carbocycles.